The number of anilines is 1. The lowest BCUT2D eigenvalue weighted by atomic mass is 10.2. The molecule has 6 nitrogen and oxygen atoms in total. The third-order valence-corrected chi connectivity index (χ3v) is 7.38. The van der Waals surface area contributed by atoms with Crippen LogP contribution in [0.25, 0.3) is 0 Å². The van der Waals surface area contributed by atoms with Gasteiger partial charge < -0.3 is 9.73 Å². The summed E-state index contributed by atoms with van der Waals surface area (Å²) in [6, 6.07) is 9.19. The Morgan fingerprint density at radius 3 is 2.81 bits per heavy atom. The zero-order valence-corrected chi connectivity index (χ0v) is 17.4. The molecule has 1 atom stereocenters. The van der Waals surface area contributed by atoms with Crippen LogP contribution >= 0.6 is 22.6 Å². The van der Waals surface area contributed by atoms with Crippen molar-refractivity contribution in [3.05, 3.63) is 51.5 Å². The average Bonchev–Trinajstić information content (AvgIpc) is 3.19. The molecule has 8 heteroatoms. The van der Waals surface area contributed by atoms with E-state index in [1.807, 2.05) is 36.1 Å². The summed E-state index contributed by atoms with van der Waals surface area (Å²) in [5, 5.41) is 2.90. The van der Waals surface area contributed by atoms with Crippen molar-refractivity contribution in [2.45, 2.75) is 25.9 Å². The van der Waals surface area contributed by atoms with Gasteiger partial charge in [0.2, 0.25) is 5.91 Å². The van der Waals surface area contributed by atoms with Gasteiger partial charge in [0.05, 0.1) is 30.9 Å². The normalized spacial score (nSPS) is 19.0. The maximum absolute atomic E-state index is 12.5. The van der Waals surface area contributed by atoms with Gasteiger partial charge in [-0.15, -0.1) is 0 Å². The lowest BCUT2D eigenvalue weighted by Crippen LogP contribution is -2.41. The van der Waals surface area contributed by atoms with Crippen LogP contribution in [0.3, 0.4) is 0 Å². The molecule has 1 aliphatic heterocycles. The molecule has 0 aliphatic carbocycles. The molecule has 0 radical (unpaired) electrons. The van der Waals surface area contributed by atoms with E-state index < -0.39 is 9.84 Å². The molecule has 1 N–H and O–H groups in total. The number of nitrogens with zero attached hydrogens (tertiary/aromatic N) is 1. The van der Waals surface area contributed by atoms with Gasteiger partial charge in [-0.2, -0.15) is 0 Å². The number of nitrogens with one attached hydrogen (secondary N) is 1. The zero-order chi connectivity index (χ0) is 18.7. The molecule has 1 amide bonds. The van der Waals surface area contributed by atoms with Crippen molar-refractivity contribution in [3.8, 4) is 0 Å². The predicted molar refractivity (Wildman–Crippen MR) is 109 cm³/mol. The molecule has 1 unspecified atom stereocenters. The number of halogens is 1. The van der Waals surface area contributed by atoms with Gasteiger partial charge in [-0.1, -0.05) is 6.07 Å². The Balaban J connectivity index is 1.69. The Kier molecular flexibility index (Phi) is 6.03. The second kappa shape index (κ2) is 8.10. The van der Waals surface area contributed by atoms with Crippen molar-refractivity contribution in [2.75, 3.05) is 23.4 Å². The van der Waals surface area contributed by atoms with Crippen LogP contribution in [0.4, 0.5) is 5.69 Å². The number of furan rings is 1. The van der Waals surface area contributed by atoms with E-state index in [2.05, 4.69) is 27.9 Å². The lowest BCUT2D eigenvalue weighted by Gasteiger charge is -2.26. The van der Waals surface area contributed by atoms with Crippen molar-refractivity contribution < 1.29 is 17.6 Å². The summed E-state index contributed by atoms with van der Waals surface area (Å²) >= 11 is 2.23. The smallest absolute Gasteiger partial charge is 0.238 e. The Hall–Kier alpha value is -1.39. The van der Waals surface area contributed by atoms with E-state index in [0.29, 0.717) is 18.7 Å². The highest BCUT2D eigenvalue weighted by molar-refractivity contribution is 14.1. The van der Waals surface area contributed by atoms with Gasteiger partial charge in [-0.3, -0.25) is 9.69 Å². The monoisotopic (exact) mass is 488 g/mol. The van der Waals surface area contributed by atoms with Crippen molar-refractivity contribution in [3.63, 3.8) is 0 Å². The number of hydrogen-bond acceptors (Lipinski definition) is 5. The number of rotatable bonds is 6. The predicted octanol–water partition coefficient (Wildman–Crippen LogP) is 2.82. The highest BCUT2D eigenvalue weighted by Crippen LogP contribution is 2.21. The Morgan fingerprint density at radius 1 is 1.38 bits per heavy atom. The maximum atomic E-state index is 12.5. The number of aryl methyl sites for hydroxylation is 1. The van der Waals surface area contributed by atoms with Gasteiger partial charge >= 0.3 is 0 Å². The van der Waals surface area contributed by atoms with E-state index in [1.54, 1.807) is 12.3 Å². The summed E-state index contributed by atoms with van der Waals surface area (Å²) in [7, 11) is -3.03. The summed E-state index contributed by atoms with van der Waals surface area (Å²) in [6.45, 7) is 2.54. The second-order valence-corrected chi connectivity index (χ2v) is 9.94. The minimum atomic E-state index is -3.03. The van der Waals surface area contributed by atoms with E-state index >= 15 is 0 Å². The van der Waals surface area contributed by atoms with Crippen molar-refractivity contribution >= 4 is 44.0 Å². The molecule has 1 saturated heterocycles. The number of benzene rings is 1. The number of carbonyl (C=O) groups is 1. The van der Waals surface area contributed by atoms with Crippen LogP contribution in [0.15, 0.2) is 41.0 Å². The highest BCUT2D eigenvalue weighted by atomic mass is 127. The molecule has 0 saturated carbocycles. The molecule has 2 aromatic rings. The van der Waals surface area contributed by atoms with Crippen molar-refractivity contribution in [2.24, 2.45) is 0 Å². The summed E-state index contributed by atoms with van der Waals surface area (Å²) in [4.78, 5) is 14.4. The number of carbonyl (C=O) groups excluding carboxylic acids is 1. The summed E-state index contributed by atoms with van der Waals surface area (Å²) in [5.41, 5.74) is 1.89. The number of hydrogen-bond donors (Lipinski definition) is 1. The molecule has 3 rings (SSSR count). The van der Waals surface area contributed by atoms with Crippen LogP contribution in [0, 0.1) is 10.5 Å². The van der Waals surface area contributed by atoms with Gasteiger partial charge in [0.15, 0.2) is 9.84 Å². The van der Waals surface area contributed by atoms with Gasteiger partial charge in [0.1, 0.15) is 5.76 Å². The lowest BCUT2D eigenvalue weighted by molar-refractivity contribution is -0.118. The maximum Gasteiger partial charge on any atom is 0.238 e. The van der Waals surface area contributed by atoms with E-state index in [0.717, 1.165) is 14.8 Å². The average molecular weight is 488 g/mol. The van der Waals surface area contributed by atoms with Crippen LogP contribution in [0.5, 0.6) is 0 Å². The van der Waals surface area contributed by atoms with Gasteiger partial charge in [-0.05, 0) is 65.8 Å². The Bertz CT molecular complexity index is 881. The molecule has 1 fully saturated rings. The fourth-order valence-electron chi connectivity index (χ4n) is 3.04. The van der Waals surface area contributed by atoms with Gasteiger partial charge in [0, 0.05) is 15.3 Å². The highest BCUT2D eigenvalue weighted by Gasteiger charge is 2.33. The van der Waals surface area contributed by atoms with Gasteiger partial charge in [-0.25, -0.2) is 8.42 Å². The molecule has 0 spiro atoms. The van der Waals surface area contributed by atoms with Crippen molar-refractivity contribution in [1.82, 2.24) is 4.90 Å². The van der Waals surface area contributed by atoms with Crippen LogP contribution in [-0.2, 0) is 21.2 Å². The first-order chi connectivity index (χ1) is 12.3. The first-order valence-electron chi connectivity index (χ1n) is 8.35. The van der Waals surface area contributed by atoms with Crippen LogP contribution < -0.4 is 5.32 Å². The number of amides is 1. The topological polar surface area (TPSA) is 79.6 Å². The Labute approximate surface area is 167 Å². The molecular formula is C18H21IN2O4S. The molecule has 0 bridgehead atoms. The van der Waals surface area contributed by atoms with Crippen molar-refractivity contribution in [1.29, 1.82) is 0 Å². The van der Waals surface area contributed by atoms with E-state index in [-0.39, 0.29) is 30.0 Å². The fraction of sp³-hybridized carbons (Fsp3) is 0.389. The van der Waals surface area contributed by atoms with E-state index in [4.69, 9.17) is 4.42 Å². The number of sulfone groups is 1. The third kappa shape index (κ3) is 5.08. The zero-order valence-electron chi connectivity index (χ0n) is 14.4. The molecule has 140 valence electrons. The molecule has 1 aromatic heterocycles. The molecule has 1 aromatic carbocycles. The fourth-order valence-corrected chi connectivity index (χ4v) is 5.31. The van der Waals surface area contributed by atoms with Crippen LogP contribution in [-0.4, -0.2) is 43.3 Å². The van der Waals surface area contributed by atoms with Gasteiger partial charge in [0.25, 0.3) is 0 Å². The SMILES string of the molecule is Cc1ccc(NC(=O)CN(Cc2ccco2)C2CCS(=O)(=O)C2)cc1I. The summed E-state index contributed by atoms with van der Waals surface area (Å²) in [5.74, 6) is 0.806. The summed E-state index contributed by atoms with van der Waals surface area (Å²) < 4.78 is 30.1. The molecular weight excluding hydrogens is 467 g/mol. The van der Waals surface area contributed by atoms with E-state index in [9.17, 15) is 13.2 Å². The first-order valence-corrected chi connectivity index (χ1v) is 11.3. The molecule has 26 heavy (non-hydrogen) atoms. The first kappa shape index (κ1) is 19.4. The third-order valence-electron chi connectivity index (χ3n) is 4.47. The minimum Gasteiger partial charge on any atom is -0.468 e. The molecule has 2 heterocycles. The Morgan fingerprint density at radius 2 is 2.19 bits per heavy atom. The summed E-state index contributed by atoms with van der Waals surface area (Å²) in [6.07, 6.45) is 2.12. The van der Waals surface area contributed by atoms with E-state index in [1.165, 1.54) is 0 Å². The minimum absolute atomic E-state index is 0.0867. The van der Waals surface area contributed by atoms with Crippen LogP contribution in [0.1, 0.15) is 17.7 Å². The second-order valence-electron chi connectivity index (χ2n) is 6.55. The standard InChI is InChI=1S/C18H21IN2O4S/c1-13-4-5-14(9-17(13)19)20-18(22)11-21(10-16-3-2-7-25-16)15-6-8-26(23,24)12-15/h2-5,7,9,15H,6,8,10-12H2,1H3,(H,20,22). The largest absolute Gasteiger partial charge is 0.468 e. The van der Waals surface area contributed by atoms with Crippen LogP contribution in [0.2, 0.25) is 0 Å². The molecule has 1 aliphatic rings. The quantitative estimate of drug-likeness (QED) is 0.633.